The van der Waals surface area contributed by atoms with Crippen LogP contribution < -0.4 is 10.6 Å². The molecule has 0 radical (unpaired) electrons. The van der Waals surface area contributed by atoms with Gasteiger partial charge in [-0.15, -0.1) is 0 Å². The summed E-state index contributed by atoms with van der Waals surface area (Å²) in [4.78, 5) is 11.0. The monoisotopic (exact) mass is 220 g/mol. The summed E-state index contributed by atoms with van der Waals surface area (Å²) in [5.41, 5.74) is 7.07. The maximum atomic E-state index is 5.86. The fraction of sp³-hybridized carbons (Fsp3) is 0.667. The number of nitrogens with two attached hydrogens (primary N) is 1. The molecule has 0 amide bonds. The predicted octanol–water partition coefficient (Wildman–Crippen LogP) is 1.21. The van der Waals surface area contributed by atoms with Crippen LogP contribution in [0.25, 0.3) is 0 Å². The molecule has 1 saturated heterocycles. The Labute approximate surface area is 96.9 Å². The minimum atomic E-state index is 0.277. The van der Waals surface area contributed by atoms with Crippen molar-refractivity contribution in [1.29, 1.82) is 0 Å². The smallest absolute Gasteiger partial charge is 0.225 e. The van der Waals surface area contributed by atoms with Crippen molar-refractivity contribution < 1.29 is 0 Å². The Morgan fingerprint density at radius 2 is 2.12 bits per heavy atom. The Hall–Kier alpha value is -1.16. The van der Waals surface area contributed by atoms with Gasteiger partial charge in [0.25, 0.3) is 0 Å². The van der Waals surface area contributed by atoms with Crippen LogP contribution in [0.4, 0.5) is 5.95 Å². The summed E-state index contributed by atoms with van der Waals surface area (Å²) < 4.78 is 0. The molecule has 1 aromatic rings. The molecule has 2 rings (SSSR count). The average Bonchev–Trinajstić information content (AvgIpc) is 2.65. The van der Waals surface area contributed by atoms with Crippen molar-refractivity contribution in [2.24, 2.45) is 11.7 Å². The average molecular weight is 220 g/mol. The molecule has 0 bridgehead atoms. The van der Waals surface area contributed by atoms with Crippen LogP contribution in [-0.2, 0) is 6.42 Å². The third-order valence-corrected chi connectivity index (χ3v) is 2.84. The molecule has 2 heterocycles. The van der Waals surface area contributed by atoms with Crippen molar-refractivity contribution >= 4 is 5.95 Å². The van der Waals surface area contributed by atoms with Gasteiger partial charge in [-0.05, 0) is 24.3 Å². The lowest BCUT2D eigenvalue weighted by molar-refractivity contribution is 0.643. The first-order valence-corrected chi connectivity index (χ1v) is 5.96. The molecule has 4 heteroatoms. The number of anilines is 1. The van der Waals surface area contributed by atoms with Crippen LogP contribution in [0.3, 0.4) is 0 Å². The van der Waals surface area contributed by atoms with Gasteiger partial charge in [0.15, 0.2) is 0 Å². The highest BCUT2D eigenvalue weighted by molar-refractivity contribution is 5.32. The van der Waals surface area contributed by atoms with Crippen molar-refractivity contribution in [1.82, 2.24) is 9.97 Å². The second kappa shape index (κ2) is 4.78. The number of hydrogen-bond acceptors (Lipinski definition) is 4. The van der Waals surface area contributed by atoms with Crippen LogP contribution >= 0.6 is 0 Å². The molecular weight excluding hydrogens is 200 g/mol. The molecule has 1 atom stereocenters. The van der Waals surface area contributed by atoms with E-state index in [1.807, 2.05) is 12.4 Å². The predicted molar refractivity (Wildman–Crippen MR) is 65.4 cm³/mol. The molecule has 0 aromatic carbocycles. The van der Waals surface area contributed by atoms with Gasteiger partial charge in [0.2, 0.25) is 5.95 Å². The van der Waals surface area contributed by atoms with Gasteiger partial charge < -0.3 is 10.6 Å². The summed E-state index contributed by atoms with van der Waals surface area (Å²) in [6.45, 7) is 6.26. The first-order chi connectivity index (χ1) is 7.65. The van der Waals surface area contributed by atoms with E-state index in [0.717, 1.165) is 31.9 Å². The normalized spacial score (nSPS) is 20.8. The lowest BCUT2D eigenvalue weighted by Crippen LogP contribution is -2.27. The van der Waals surface area contributed by atoms with Crippen molar-refractivity contribution in [3.05, 3.63) is 18.0 Å². The van der Waals surface area contributed by atoms with E-state index in [-0.39, 0.29) is 6.04 Å². The molecule has 4 nitrogen and oxygen atoms in total. The number of aromatic nitrogens is 2. The van der Waals surface area contributed by atoms with E-state index >= 15 is 0 Å². The molecule has 0 aliphatic carbocycles. The van der Waals surface area contributed by atoms with Crippen LogP contribution in [0, 0.1) is 5.92 Å². The zero-order chi connectivity index (χ0) is 11.5. The van der Waals surface area contributed by atoms with Gasteiger partial charge in [-0.25, -0.2) is 9.97 Å². The lowest BCUT2D eigenvalue weighted by Gasteiger charge is -2.15. The van der Waals surface area contributed by atoms with E-state index in [2.05, 4.69) is 28.7 Å². The van der Waals surface area contributed by atoms with Gasteiger partial charge in [0.05, 0.1) is 0 Å². The van der Waals surface area contributed by atoms with E-state index in [9.17, 15) is 0 Å². The molecule has 1 aliphatic heterocycles. The number of hydrogen-bond donors (Lipinski definition) is 1. The van der Waals surface area contributed by atoms with E-state index in [0.29, 0.717) is 5.92 Å². The molecule has 1 aromatic heterocycles. The van der Waals surface area contributed by atoms with Crippen LogP contribution in [0.2, 0.25) is 0 Å². The molecule has 0 saturated carbocycles. The Bertz CT molecular complexity index is 333. The fourth-order valence-corrected chi connectivity index (χ4v) is 2.06. The highest BCUT2D eigenvalue weighted by Gasteiger charge is 2.20. The molecule has 88 valence electrons. The summed E-state index contributed by atoms with van der Waals surface area (Å²) in [5.74, 6) is 1.47. The van der Waals surface area contributed by atoms with Crippen LogP contribution in [0.1, 0.15) is 25.8 Å². The Kier molecular flexibility index (Phi) is 3.39. The molecule has 16 heavy (non-hydrogen) atoms. The molecule has 1 aliphatic rings. The number of rotatable bonds is 3. The van der Waals surface area contributed by atoms with Gasteiger partial charge in [-0.1, -0.05) is 13.8 Å². The maximum Gasteiger partial charge on any atom is 0.225 e. The molecule has 1 unspecified atom stereocenters. The van der Waals surface area contributed by atoms with Gasteiger partial charge in [-0.3, -0.25) is 0 Å². The lowest BCUT2D eigenvalue weighted by atomic mass is 10.1. The second-order valence-corrected chi connectivity index (χ2v) is 4.98. The van der Waals surface area contributed by atoms with E-state index in [1.165, 1.54) is 5.56 Å². The molecule has 2 N–H and O–H groups in total. The first-order valence-electron chi connectivity index (χ1n) is 5.96. The standard InChI is InChI=1S/C12H20N4/c1-9(2)5-10-6-14-12(15-7-10)16-4-3-11(13)8-16/h6-7,9,11H,3-5,8,13H2,1-2H3. The highest BCUT2D eigenvalue weighted by Crippen LogP contribution is 2.15. The molecule has 1 fully saturated rings. The maximum absolute atomic E-state index is 5.86. The van der Waals surface area contributed by atoms with Crippen molar-refractivity contribution in [2.75, 3.05) is 18.0 Å². The van der Waals surface area contributed by atoms with Crippen molar-refractivity contribution in [2.45, 2.75) is 32.7 Å². The highest BCUT2D eigenvalue weighted by atomic mass is 15.3. The van der Waals surface area contributed by atoms with Crippen molar-refractivity contribution in [3.63, 3.8) is 0 Å². The topological polar surface area (TPSA) is 55.0 Å². The van der Waals surface area contributed by atoms with Gasteiger partial charge >= 0.3 is 0 Å². The Morgan fingerprint density at radius 3 is 2.62 bits per heavy atom. The Morgan fingerprint density at radius 1 is 1.44 bits per heavy atom. The summed E-state index contributed by atoms with van der Waals surface area (Å²) >= 11 is 0. The van der Waals surface area contributed by atoms with Crippen LogP contribution in [0.15, 0.2) is 12.4 Å². The number of nitrogens with zero attached hydrogens (tertiary/aromatic N) is 3. The zero-order valence-corrected chi connectivity index (χ0v) is 10.1. The fourth-order valence-electron chi connectivity index (χ4n) is 2.06. The van der Waals surface area contributed by atoms with Crippen LogP contribution in [-0.4, -0.2) is 29.1 Å². The summed E-state index contributed by atoms with van der Waals surface area (Å²) in [7, 11) is 0. The SMILES string of the molecule is CC(C)Cc1cnc(N2CCC(N)C2)nc1. The minimum absolute atomic E-state index is 0.277. The van der Waals surface area contributed by atoms with Gasteiger partial charge in [0.1, 0.15) is 0 Å². The summed E-state index contributed by atoms with van der Waals surface area (Å²) in [6.07, 6.45) is 5.95. The third kappa shape index (κ3) is 2.70. The molecule has 0 spiro atoms. The zero-order valence-electron chi connectivity index (χ0n) is 10.1. The Balaban J connectivity index is 2.02. The van der Waals surface area contributed by atoms with Crippen LogP contribution in [0.5, 0.6) is 0 Å². The van der Waals surface area contributed by atoms with E-state index < -0.39 is 0 Å². The van der Waals surface area contributed by atoms with E-state index in [1.54, 1.807) is 0 Å². The molecular formula is C12H20N4. The van der Waals surface area contributed by atoms with Crippen molar-refractivity contribution in [3.8, 4) is 0 Å². The third-order valence-electron chi connectivity index (χ3n) is 2.84. The quantitative estimate of drug-likeness (QED) is 0.832. The van der Waals surface area contributed by atoms with Gasteiger partial charge in [-0.2, -0.15) is 0 Å². The summed E-state index contributed by atoms with van der Waals surface area (Å²) in [6, 6.07) is 0.277. The minimum Gasteiger partial charge on any atom is -0.339 e. The summed E-state index contributed by atoms with van der Waals surface area (Å²) in [5, 5.41) is 0. The first kappa shape index (κ1) is 11.3. The second-order valence-electron chi connectivity index (χ2n) is 4.98. The largest absolute Gasteiger partial charge is 0.339 e. The van der Waals surface area contributed by atoms with E-state index in [4.69, 9.17) is 5.73 Å². The van der Waals surface area contributed by atoms with Gasteiger partial charge in [0, 0.05) is 31.5 Å².